The zero-order valence-electron chi connectivity index (χ0n) is 10.4. The Bertz CT molecular complexity index is 708. The van der Waals surface area contributed by atoms with Crippen LogP contribution in [0.15, 0.2) is 49.8 Å². The normalized spacial score (nSPS) is 10.2. The van der Waals surface area contributed by atoms with Gasteiger partial charge in [0.15, 0.2) is 0 Å². The van der Waals surface area contributed by atoms with Crippen LogP contribution in [-0.2, 0) is 0 Å². The molecular formula is C14H8Br3NO3. The van der Waals surface area contributed by atoms with Crippen LogP contribution in [0.1, 0.15) is 20.7 Å². The number of hydrogen-bond acceptors (Lipinski definition) is 2. The van der Waals surface area contributed by atoms with Gasteiger partial charge >= 0.3 is 5.97 Å². The van der Waals surface area contributed by atoms with Crippen molar-refractivity contribution < 1.29 is 14.7 Å². The van der Waals surface area contributed by atoms with E-state index in [1.807, 2.05) is 0 Å². The molecule has 108 valence electrons. The smallest absolute Gasteiger partial charge is 0.336 e. The molecule has 0 heterocycles. The maximum Gasteiger partial charge on any atom is 0.336 e. The quantitative estimate of drug-likeness (QED) is 0.659. The Morgan fingerprint density at radius 2 is 1.48 bits per heavy atom. The van der Waals surface area contributed by atoms with Gasteiger partial charge in [0.05, 0.1) is 16.8 Å². The second kappa shape index (κ2) is 6.72. The standard InChI is InChI=1S/C14H8Br3NO3/c15-7-5-10(16)12(11(17)6-7)18-13(19)8-3-1-2-4-9(8)14(20)21/h1-6H,(H,18,19)(H,20,21). The third-order valence-corrected chi connectivity index (χ3v) is 4.36. The van der Waals surface area contributed by atoms with Crippen molar-refractivity contribution >= 4 is 65.4 Å². The second-order valence-electron chi connectivity index (χ2n) is 4.05. The average Bonchev–Trinajstić information content (AvgIpc) is 2.42. The lowest BCUT2D eigenvalue weighted by Crippen LogP contribution is -2.16. The van der Waals surface area contributed by atoms with E-state index in [0.29, 0.717) is 14.6 Å². The minimum absolute atomic E-state index is 0.0423. The van der Waals surface area contributed by atoms with Gasteiger partial charge in [0.2, 0.25) is 0 Å². The largest absolute Gasteiger partial charge is 0.478 e. The van der Waals surface area contributed by atoms with Crippen LogP contribution >= 0.6 is 47.8 Å². The zero-order chi connectivity index (χ0) is 15.6. The van der Waals surface area contributed by atoms with Gasteiger partial charge in [-0.05, 0) is 56.1 Å². The highest BCUT2D eigenvalue weighted by Gasteiger charge is 2.18. The Hall–Kier alpha value is -1.18. The molecule has 4 nitrogen and oxygen atoms in total. The highest BCUT2D eigenvalue weighted by Crippen LogP contribution is 2.34. The van der Waals surface area contributed by atoms with Crippen LogP contribution in [0.4, 0.5) is 5.69 Å². The molecule has 0 spiro atoms. The third-order valence-electron chi connectivity index (χ3n) is 2.65. The number of aromatic carboxylic acids is 1. The molecule has 2 aromatic carbocycles. The van der Waals surface area contributed by atoms with Gasteiger partial charge in [-0.15, -0.1) is 0 Å². The van der Waals surface area contributed by atoms with Crippen LogP contribution in [0.3, 0.4) is 0 Å². The van der Waals surface area contributed by atoms with E-state index < -0.39 is 11.9 Å². The van der Waals surface area contributed by atoms with Crippen LogP contribution in [0.5, 0.6) is 0 Å². The number of nitrogens with one attached hydrogen (secondary N) is 1. The van der Waals surface area contributed by atoms with E-state index in [-0.39, 0.29) is 11.1 Å². The van der Waals surface area contributed by atoms with Crippen molar-refractivity contribution in [1.82, 2.24) is 0 Å². The Balaban J connectivity index is 2.38. The van der Waals surface area contributed by atoms with E-state index in [1.165, 1.54) is 12.1 Å². The van der Waals surface area contributed by atoms with Crippen molar-refractivity contribution in [3.05, 3.63) is 60.9 Å². The summed E-state index contributed by atoms with van der Waals surface area (Å²) < 4.78 is 2.18. The molecule has 0 aromatic heterocycles. The summed E-state index contributed by atoms with van der Waals surface area (Å²) >= 11 is 10.0. The van der Waals surface area contributed by atoms with Crippen molar-refractivity contribution in [1.29, 1.82) is 0 Å². The monoisotopic (exact) mass is 475 g/mol. The van der Waals surface area contributed by atoms with Gasteiger partial charge in [-0.3, -0.25) is 4.79 Å². The van der Waals surface area contributed by atoms with Gasteiger partial charge in [0.25, 0.3) is 5.91 Å². The Kier molecular flexibility index (Phi) is 5.18. The zero-order valence-corrected chi connectivity index (χ0v) is 15.1. The molecule has 2 N–H and O–H groups in total. The van der Waals surface area contributed by atoms with Gasteiger partial charge in [0.1, 0.15) is 0 Å². The third kappa shape index (κ3) is 3.72. The molecule has 7 heteroatoms. The lowest BCUT2D eigenvalue weighted by molar-refractivity contribution is 0.0692. The first kappa shape index (κ1) is 16.2. The maximum absolute atomic E-state index is 12.3. The van der Waals surface area contributed by atoms with Gasteiger partial charge in [-0.2, -0.15) is 0 Å². The van der Waals surface area contributed by atoms with Crippen LogP contribution in [-0.4, -0.2) is 17.0 Å². The van der Waals surface area contributed by atoms with Crippen molar-refractivity contribution in [2.24, 2.45) is 0 Å². The molecule has 0 aliphatic carbocycles. The van der Waals surface area contributed by atoms with E-state index in [1.54, 1.807) is 24.3 Å². The van der Waals surface area contributed by atoms with Crippen LogP contribution in [0, 0.1) is 0 Å². The Labute approximate surface area is 145 Å². The summed E-state index contributed by atoms with van der Waals surface area (Å²) in [6.45, 7) is 0. The van der Waals surface area contributed by atoms with Crippen molar-refractivity contribution in [3.63, 3.8) is 0 Å². The SMILES string of the molecule is O=C(O)c1ccccc1C(=O)Nc1c(Br)cc(Br)cc1Br. The van der Waals surface area contributed by atoms with Crippen molar-refractivity contribution in [3.8, 4) is 0 Å². The molecule has 0 saturated carbocycles. The first-order chi connectivity index (χ1) is 9.90. The molecule has 0 unspecified atom stereocenters. The second-order valence-corrected chi connectivity index (χ2v) is 6.67. The first-order valence-corrected chi connectivity index (χ1v) is 8.06. The number of amides is 1. The minimum Gasteiger partial charge on any atom is -0.478 e. The van der Waals surface area contributed by atoms with Crippen molar-refractivity contribution in [2.45, 2.75) is 0 Å². The van der Waals surface area contributed by atoms with Crippen molar-refractivity contribution in [2.75, 3.05) is 5.32 Å². The van der Waals surface area contributed by atoms with Gasteiger partial charge < -0.3 is 10.4 Å². The van der Waals surface area contributed by atoms with E-state index in [9.17, 15) is 9.59 Å². The summed E-state index contributed by atoms with van der Waals surface area (Å²) in [5, 5.41) is 11.8. The van der Waals surface area contributed by atoms with E-state index >= 15 is 0 Å². The molecule has 2 rings (SSSR count). The summed E-state index contributed by atoms with van der Waals surface area (Å²) in [4.78, 5) is 23.5. The number of carboxylic acid groups (broad SMARTS) is 1. The molecule has 0 radical (unpaired) electrons. The molecule has 0 aliphatic heterocycles. The Morgan fingerprint density at radius 3 is 2.00 bits per heavy atom. The fraction of sp³-hybridized carbons (Fsp3) is 0. The fourth-order valence-electron chi connectivity index (χ4n) is 1.71. The summed E-state index contributed by atoms with van der Waals surface area (Å²) in [6.07, 6.45) is 0. The molecular weight excluding hydrogens is 470 g/mol. The summed E-state index contributed by atoms with van der Waals surface area (Å²) in [5.74, 6) is -1.63. The van der Waals surface area contributed by atoms with E-state index in [2.05, 4.69) is 53.1 Å². The molecule has 21 heavy (non-hydrogen) atoms. The number of anilines is 1. The number of carbonyl (C=O) groups is 2. The predicted octanol–water partition coefficient (Wildman–Crippen LogP) is 4.92. The first-order valence-electron chi connectivity index (χ1n) is 5.68. The molecule has 2 aromatic rings. The van der Waals surface area contributed by atoms with Crippen LogP contribution in [0.25, 0.3) is 0 Å². The molecule has 0 atom stereocenters. The molecule has 0 fully saturated rings. The maximum atomic E-state index is 12.3. The van der Waals surface area contributed by atoms with E-state index in [0.717, 1.165) is 4.47 Å². The average molecular weight is 478 g/mol. The Morgan fingerprint density at radius 1 is 0.952 bits per heavy atom. The van der Waals surface area contributed by atoms with Gasteiger partial charge in [-0.1, -0.05) is 28.1 Å². The summed E-state index contributed by atoms with van der Waals surface area (Å²) in [7, 11) is 0. The number of hydrogen-bond donors (Lipinski definition) is 2. The van der Waals surface area contributed by atoms with Gasteiger partial charge in [0, 0.05) is 13.4 Å². The number of carbonyl (C=O) groups excluding carboxylic acids is 1. The minimum atomic E-state index is -1.14. The highest BCUT2D eigenvalue weighted by molar-refractivity contribution is 9.11. The fourth-order valence-corrected chi connectivity index (χ4v) is 4.17. The summed E-state index contributed by atoms with van der Waals surface area (Å²) in [5.41, 5.74) is 0.592. The summed E-state index contributed by atoms with van der Waals surface area (Å²) in [6, 6.07) is 9.62. The van der Waals surface area contributed by atoms with Crippen LogP contribution in [0.2, 0.25) is 0 Å². The molecule has 0 saturated heterocycles. The molecule has 0 bridgehead atoms. The molecule has 0 aliphatic rings. The van der Waals surface area contributed by atoms with Gasteiger partial charge in [-0.25, -0.2) is 4.79 Å². The van der Waals surface area contributed by atoms with Crippen LogP contribution < -0.4 is 5.32 Å². The lowest BCUT2D eigenvalue weighted by Gasteiger charge is -2.11. The number of benzene rings is 2. The predicted molar refractivity (Wildman–Crippen MR) is 90.9 cm³/mol. The number of rotatable bonds is 3. The van der Waals surface area contributed by atoms with E-state index in [4.69, 9.17) is 5.11 Å². The lowest BCUT2D eigenvalue weighted by atomic mass is 10.1. The highest BCUT2D eigenvalue weighted by atomic mass is 79.9. The number of halogens is 3. The number of carboxylic acids is 1. The molecule has 1 amide bonds. The topological polar surface area (TPSA) is 66.4 Å².